The van der Waals surface area contributed by atoms with E-state index in [2.05, 4.69) is 15.3 Å². The number of carbonyl (C=O) groups excluding carboxylic acids is 1. The molecule has 4 aromatic heterocycles. The molecule has 0 radical (unpaired) electrons. The maximum absolute atomic E-state index is 13.4. The average Bonchev–Trinajstić information content (AvgIpc) is 3.46. The fraction of sp³-hybridized carbons (Fsp3) is 0.0714. The SMILES string of the molecule is C[C@H](Oc1ccc2c(c1)c1ccnc3c4ccccc4c(=O)n2c13)C(=O)Nc1nc2ccccc2s1. The Morgan fingerprint density at radius 2 is 1.78 bits per heavy atom. The lowest BCUT2D eigenvalue weighted by Gasteiger charge is -2.13. The molecule has 1 atom stereocenters. The molecule has 174 valence electrons. The number of amides is 1. The van der Waals surface area contributed by atoms with E-state index < -0.39 is 6.10 Å². The van der Waals surface area contributed by atoms with Crippen molar-refractivity contribution < 1.29 is 9.53 Å². The highest BCUT2D eigenvalue weighted by atomic mass is 32.1. The van der Waals surface area contributed by atoms with Gasteiger partial charge in [0.25, 0.3) is 11.5 Å². The molecule has 4 heterocycles. The highest BCUT2D eigenvalue weighted by Crippen LogP contribution is 2.35. The van der Waals surface area contributed by atoms with Crippen molar-refractivity contribution in [2.75, 3.05) is 5.32 Å². The summed E-state index contributed by atoms with van der Waals surface area (Å²) in [4.78, 5) is 35.3. The Hall–Kier alpha value is -4.56. The molecule has 0 bridgehead atoms. The summed E-state index contributed by atoms with van der Waals surface area (Å²) in [5, 5.41) is 6.62. The lowest BCUT2D eigenvalue weighted by molar-refractivity contribution is -0.122. The van der Waals surface area contributed by atoms with Crippen LogP contribution in [0.15, 0.2) is 83.8 Å². The molecule has 36 heavy (non-hydrogen) atoms. The molecular formula is C28H18N4O3S. The van der Waals surface area contributed by atoms with E-state index in [0.29, 0.717) is 16.3 Å². The number of thiazole rings is 1. The minimum absolute atomic E-state index is 0.0802. The largest absolute Gasteiger partial charge is 0.481 e. The fourth-order valence-electron chi connectivity index (χ4n) is 4.81. The first-order valence-corrected chi connectivity index (χ1v) is 12.3. The van der Waals surface area contributed by atoms with Gasteiger partial charge in [0.2, 0.25) is 0 Å². The Balaban J connectivity index is 1.27. The van der Waals surface area contributed by atoms with Crippen molar-refractivity contribution >= 4 is 70.7 Å². The molecule has 8 heteroatoms. The number of para-hydroxylation sites is 1. The fourth-order valence-corrected chi connectivity index (χ4v) is 5.68. The van der Waals surface area contributed by atoms with Crippen molar-refractivity contribution in [3.8, 4) is 5.75 Å². The second-order valence-electron chi connectivity index (χ2n) is 8.66. The Labute approximate surface area is 207 Å². The molecule has 3 aromatic carbocycles. The highest BCUT2D eigenvalue weighted by molar-refractivity contribution is 7.22. The molecule has 0 aliphatic carbocycles. The number of benzene rings is 3. The Morgan fingerprint density at radius 3 is 2.64 bits per heavy atom. The van der Waals surface area contributed by atoms with E-state index in [-0.39, 0.29) is 11.5 Å². The quantitative estimate of drug-likeness (QED) is 0.324. The van der Waals surface area contributed by atoms with Gasteiger partial charge in [0.05, 0.1) is 26.8 Å². The Kier molecular flexibility index (Phi) is 4.46. The molecule has 0 saturated carbocycles. The van der Waals surface area contributed by atoms with Crippen molar-refractivity contribution in [1.29, 1.82) is 0 Å². The predicted molar refractivity (Wildman–Crippen MR) is 144 cm³/mol. The summed E-state index contributed by atoms with van der Waals surface area (Å²) in [6.45, 7) is 1.70. The van der Waals surface area contributed by atoms with Crippen molar-refractivity contribution in [3.63, 3.8) is 0 Å². The van der Waals surface area contributed by atoms with Crippen LogP contribution in [0.1, 0.15) is 6.92 Å². The normalized spacial score (nSPS) is 12.7. The summed E-state index contributed by atoms with van der Waals surface area (Å²) in [7, 11) is 0. The van der Waals surface area contributed by atoms with Gasteiger partial charge in [0.1, 0.15) is 5.75 Å². The molecule has 7 rings (SSSR count). The number of ether oxygens (including phenoxy) is 1. The first kappa shape index (κ1) is 20.8. The van der Waals surface area contributed by atoms with Gasteiger partial charge in [-0.2, -0.15) is 0 Å². The van der Waals surface area contributed by atoms with Crippen LogP contribution in [0.3, 0.4) is 0 Å². The van der Waals surface area contributed by atoms with E-state index in [0.717, 1.165) is 42.9 Å². The number of hydrogen-bond donors (Lipinski definition) is 1. The minimum Gasteiger partial charge on any atom is -0.481 e. The molecule has 7 nitrogen and oxygen atoms in total. The summed E-state index contributed by atoms with van der Waals surface area (Å²) < 4.78 is 8.74. The van der Waals surface area contributed by atoms with Gasteiger partial charge >= 0.3 is 0 Å². The maximum Gasteiger partial charge on any atom is 0.266 e. The highest BCUT2D eigenvalue weighted by Gasteiger charge is 2.20. The number of nitrogens with one attached hydrogen (secondary N) is 1. The summed E-state index contributed by atoms with van der Waals surface area (Å²) in [5.41, 5.74) is 3.11. The van der Waals surface area contributed by atoms with Gasteiger partial charge in [-0.25, -0.2) is 4.98 Å². The van der Waals surface area contributed by atoms with Crippen molar-refractivity contribution in [3.05, 3.63) is 89.3 Å². The van der Waals surface area contributed by atoms with Crippen LogP contribution < -0.4 is 15.6 Å². The lowest BCUT2D eigenvalue weighted by atomic mass is 10.1. The zero-order valence-corrected chi connectivity index (χ0v) is 19.9. The first-order valence-electron chi connectivity index (χ1n) is 11.5. The Bertz CT molecular complexity index is 1990. The van der Waals surface area contributed by atoms with Gasteiger partial charge in [-0.15, -0.1) is 0 Å². The van der Waals surface area contributed by atoms with E-state index in [9.17, 15) is 9.59 Å². The van der Waals surface area contributed by atoms with Crippen LogP contribution in [0.4, 0.5) is 5.13 Å². The van der Waals surface area contributed by atoms with Crippen molar-refractivity contribution in [1.82, 2.24) is 14.4 Å². The predicted octanol–water partition coefficient (Wildman–Crippen LogP) is 5.61. The van der Waals surface area contributed by atoms with Crippen LogP contribution in [-0.2, 0) is 4.79 Å². The molecule has 0 saturated heterocycles. The van der Waals surface area contributed by atoms with Crippen LogP contribution >= 0.6 is 11.3 Å². The molecule has 0 unspecified atom stereocenters. The van der Waals surface area contributed by atoms with Crippen LogP contribution in [0.25, 0.3) is 48.3 Å². The van der Waals surface area contributed by atoms with E-state index in [4.69, 9.17) is 4.74 Å². The summed E-state index contributed by atoms with van der Waals surface area (Å²) in [6, 6.07) is 22.7. The molecule has 0 spiro atoms. The zero-order valence-electron chi connectivity index (χ0n) is 19.1. The second-order valence-corrected chi connectivity index (χ2v) is 9.69. The van der Waals surface area contributed by atoms with Gasteiger partial charge in [-0.1, -0.05) is 41.7 Å². The minimum atomic E-state index is -0.749. The van der Waals surface area contributed by atoms with Crippen LogP contribution in [0.5, 0.6) is 5.75 Å². The number of nitrogens with zero attached hydrogens (tertiary/aromatic N) is 3. The molecule has 0 fully saturated rings. The third kappa shape index (κ3) is 3.04. The standard InChI is InChI=1S/C28H18N4O3S/c1-15(26(33)31-28-30-21-8-4-5-9-23(21)36-28)35-16-10-11-22-20(14-16)18-12-13-29-24-17-6-2-3-7-19(17)27(34)32(22)25(18)24/h2-15H,1H3,(H,30,31,33)/t15-/m0/s1. The van der Waals surface area contributed by atoms with Gasteiger partial charge in [-0.3, -0.25) is 24.3 Å². The van der Waals surface area contributed by atoms with Gasteiger partial charge in [0.15, 0.2) is 11.2 Å². The first-order chi connectivity index (χ1) is 17.6. The Morgan fingerprint density at radius 1 is 0.972 bits per heavy atom. The van der Waals surface area contributed by atoms with Gasteiger partial charge in [-0.05, 0) is 49.4 Å². The van der Waals surface area contributed by atoms with E-state index in [1.165, 1.54) is 11.3 Å². The molecule has 0 aliphatic heterocycles. The van der Waals surface area contributed by atoms with Crippen LogP contribution in [0.2, 0.25) is 0 Å². The third-order valence-corrected chi connectivity index (χ3v) is 7.42. The third-order valence-electron chi connectivity index (χ3n) is 6.47. The number of hydrogen-bond acceptors (Lipinski definition) is 6. The second kappa shape index (κ2) is 7.73. The number of fused-ring (bicyclic) bond motifs is 6. The smallest absolute Gasteiger partial charge is 0.266 e. The van der Waals surface area contributed by atoms with E-state index in [1.54, 1.807) is 23.6 Å². The lowest BCUT2D eigenvalue weighted by Crippen LogP contribution is -2.30. The summed E-state index contributed by atoms with van der Waals surface area (Å²) >= 11 is 1.42. The topological polar surface area (TPSA) is 85.6 Å². The monoisotopic (exact) mass is 490 g/mol. The van der Waals surface area contributed by atoms with Gasteiger partial charge in [0, 0.05) is 27.7 Å². The molecular weight excluding hydrogens is 472 g/mol. The zero-order chi connectivity index (χ0) is 24.4. The van der Waals surface area contributed by atoms with Crippen molar-refractivity contribution in [2.24, 2.45) is 0 Å². The van der Waals surface area contributed by atoms with Crippen LogP contribution in [-0.4, -0.2) is 26.4 Å². The van der Waals surface area contributed by atoms with E-state index in [1.807, 2.05) is 66.7 Å². The summed E-state index contributed by atoms with van der Waals surface area (Å²) in [5.74, 6) is 0.252. The molecule has 1 N–H and O–H groups in total. The van der Waals surface area contributed by atoms with Gasteiger partial charge < -0.3 is 4.74 Å². The summed E-state index contributed by atoms with van der Waals surface area (Å²) in [6.07, 6.45) is 1.01. The molecule has 1 amide bonds. The number of pyridine rings is 2. The molecule has 7 aromatic rings. The maximum atomic E-state index is 13.4. The molecule has 0 aliphatic rings. The number of rotatable bonds is 4. The van der Waals surface area contributed by atoms with Crippen LogP contribution in [0, 0.1) is 0 Å². The average molecular weight is 491 g/mol. The van der Waals surface area contributed by atoms with E-state index >= 15 is 0 Å². The number of aromatic nitrogens is 3. The van der Waals surface area contributed by atoms with Crippen molar-refractivity contribution in [2.45, 2.75) is 13.0 Å². The number of anilines is 1. The number of carbonyl (C=O) groups is 1.